The molecule has 3 aromatic carbocycles. The third-order valence-electron chi connectivity index (χ3n) is 4.78. The molecule has 4 aromatic rings. The lowest BCUT2D eigenvalue weighted by Gasteiger charge is -2.05. The number of carbonyl (C=O) groups is 1. The van der Waals surface area contributed by atoms with Crippen LogP contribution < -0.4 is 15.7 Å². The molecule has 1 amide bonds. The largest absolute Gasteiger partial charge is 0.673 e. The molecule has 34 heavy (non-hydrogen) atoms. The van der Waals surface area contributed by atoms with Crippen molar-refractivity contribution < 1.29 is 31.5 Å². The lowest BCUT2D eigenvalue weighted by molar-refractivity contribution is -0.400. The lowest BCUT2D eigenvalue weighted by atomic mass is 10.1. The summed E-state index contributed by atoms with van der Waals surface area (Å²) < 4.78 is 45.2. The van der Waals surface area contributed by atoms with Crippen LogP contribution in [0, 0.1) is 0 Å². The quantitative estimate of drug-likeness (QED) is 0.317. The molecule has 0 unspecified atom stereocenters. The minimum absolute atomic E-state index is 0.0824. The molecular formula is C25H23BF4N2O2. The summed E-state index contributed by atoms with van der Waals surface area (Å²) in [6.45, 7) is 3.65. The highest BCUT2D eigenvalue weighted by Gasteiger charge is 2.20. The van der Waals surface area contributed by atoms with Gasteiger partial charge in [0, 0.05) is 30.3 Å². The summed E-state index contributed by atoms with van der Waals surface area (Å²) in [5, 5.41) is 4.81. The van der Waals surface area contributed by atoms with Crippen LogP contribution in [0.25, 0.3) is 22.3 Å². The predicted molar refractivity (Wildman–Crippen MR) is 126 cm³/mol. The highest BCUT2D eigenvalue weighted by atomic mass is 19.5. The Morgan fingerprint density at radius 1 is 0.941 bits per heavy atom. The minimum atomic E-state index is -6.00. The predicted octanol–water partition coefficient (Wildman–Crippen LogP) is 5.23. The van der Waals surface area contributed by atoms with Gasteiger partial charge in [0.15, 0.2) is 0 Å². The van der Waals surface area contributed by atoms with E-state index in [0.29, 0.717) is 0 Å². The Morgan fingerprint density at radius 3 is 2.18 bits per heavy atom. The van der Waals surface area contributed by atoms with Crippen molar-refractivity contribution in [2.24, 2.45) is 0 Å². The first-order chi connectivity index (χ1) is 16.1. The molecule has 4 nitrogen and oxygen atoms in total. The van der Waals surface area contributed by atoms with Crippen molar-refractivity contribution in [1.82, 2.24) is 0 Å². The first-order valence-electron chi connectivity index (χ1n) is 10.6. The van der Waals surface area contributed by atoms with E-state index in [0.717, 1.165) is 45.4 Å². The van der Waals surface area contributed by atoms with Gasteiger partial charge in [0.1, 0.15) is 11.3 Å². The monoisotopic (exact) mass is 470 g/mol. The standard InChI is InChI=1S/C25H22N2O2.BF4/c1-3-18-9-14-24-22(15-18)23(16-25(29-24)19-7-5-4-6-8-19)27-21-12-10-20(11-13-21)26-17(2)28;2-1(3,4)5/h4-16H,3H2,1-2H3,(H,26,28);/q;-1/p+1. The van der Waals surface area contributed by atoms with Crippen LogP contribution in [0.5, 0.6) is 0 Å². The fourth-order valence-electron chi connectivity index (χ4n) is 3.30. The molecule has 0 saturated carbocycles. The maximum absolute atomic E-state index is 11.2. The highest BCUT2D eigenvalue weighted by Crippen LogP contribution is 2.22. The molecule has 0 bridgehead atoms. The van der Waals surface area contributed by atoms with Gasteiger partial charge in [-0.2, -0.15) is 0 Å². The molecule has 0 atom stereocenters. The van der Waals surface area contributed by atoms with Crippen LogP contribution in [0.2, 0.25) is 0 Å². The SMILES string of the molecule is CCc1ccc2oc(-c3ccccc3)cc(=[NH+]c3ccc(NC(C)=O)cc3)c2c1.F[B-](F)(F)F. The van der Waals surface area contributed by atoms with Crippen molar-refractivity contribution in [3.63, 3.8) is 0 Å². The summed E-state index contributed by atoms with van der Waals surface area (Å²) in [6, 6.07) is 26.1. The van der Waals surface area contributed by atoms with Crippen molar-refractivity contribution in [3.8, 4) is 11.3 Å². The Hall–Kier alpha value is -3.88. The first kappa shape index (κ1) is 24.8. The third-order valence-corrected chi connectivity index (χ3v) is 4.78. The topological polar surface area (TPSA) is 56.2 Å². The molecule has 176 valence electrons. The van der Waals surface area contributed by atoms with Gasteiger partial charge in [-0.3, -0.25) is 4.79 Å². The Bertz CT molecular complexity index is 1330. The average Bonchev–Trinajstić information content (AvgIpc) is 2.79. The van der Waals surface area contributed by atoms with E-state index in [1.807, 2.05) is 66.7 Å². The van der Waals surface area contributed by atoms with Crippen LogP contribution in [-0.2, 0) is 11.2 Å². The Labute approximate surface area is 194 Å². The number of nitrogens with one attached hydrogen (secondary N) is 2. The number of fused-ring (bicyclic) bond motifs is 1. The van der Waals surface area contributed by atoms with E-state index < -0.39 is 7.25 Å². The fourth-order valence-corrected chi connectivity index (χ4v) is 3.30. The van der Waals surface area contributed by atoms with Crippen LogP contribution in [0.15, 0.2) is 83.3 Å². The van der Waals surface area contributed by atoms with Crippen molar-refractivity contribution >= 4 is 35.5 Å². The van der Waals surface area contributed by atoms with Gasteiger partial charge in [-0.1, -0.05) is 43.3 Å². The number of carbonyl (C=O) groups excluding carboxylic acids is 1. The second kappa shape index (κ2) is 10.8. The molecule has 1 heterocycles. The van der Waals surface area contributed by atoms with Gasteiger partial charge in [-0.25, -0.2) is 4.99 Å². The second-order valence-corrected chi connectivity index (χ2v) is 7.45. The first-order valence-corrected chi connectivity index (χ1v) is 10.6. The van der Waals surface area contributed by atoms with Crippen molar-refractivity contribution in [1.29, 1.82) is 0 Å². The summed E-state index contributed by atoms with van der Waals surface area (Å²) in [4.78, 5) is 14.7. The van der Waals surface area contributed by atoms with Gasteiger partial charge in [0.2, 0.25) is 17.0 Å². The van der Waals surface area contributed by atoms with Crippen molar-refractivity contribution in [2.75, 3.05) is 5.32 Å². The van der Waals surface area contributed by atoms with Gasteiger partial charge < -0.3 is 27.0 Å². The van der Waals surface area contributed by atoms with Crippen molar-refractivity contribution in [3.05, 3.63) is 89.8 Å². The van der Waals surface area contributed by atoms with E-state index in [1.54, 1.807) is 0 Å². The zero-order valence-electron chi connectivity index (χ0n) is 18.6. The van der Waals surface area contributed by atoms with E-state index in [-0.39, 0.29) is 5.91 Å². The average molecular weight is 470 g/mol. The molecule has 0 radical (unpaired) electrons. The van der Waals surface area contributed by atoms with Crippen LogP contribution in [0.1, 0.15) is 19.4 Å². The lowest BCUT2D eigenvalue weighted by Crippen LogP contribution is -2.70. The maximum Gasteiger partial charge on any atom is 0.673 e. The summed E-state index contributed by atoms with van der Waals surface area (Å²) in [5.74, 6) is 0.723. The van der Waals surface area contributed by atoms with E-state index >= 15 is 0 Å². The van der Waals surface area contributed by atoms with Gasteiger partial charge in [-0.05, 0) is 36.2 Å². The number of hydrogen-bond acceptors (Lipinski definition) is 2. The molecular weight excluding hydrogens is 447 g/mol. The molecule has 1 aromatic heterocycles. The molecule has 0 aliphatic heterocycles. The summed E-state index contributed by atoms with van der Waals surface area (Å²) >= 11 is 0. The van der Waals surface area contributed by atoms with Crippen LogP contribution in [0.3, 0.4) is 0 Å². The zero-order valence-corrected chi connectivity index (χ0v) is 18.6. The van der Waals surface area contributed by atoms with E-state index in [4.69, 9.17) is 4.42 Å². The van der Waals surface area contributed by atoms with E-state index in [2.05, 4.69) is 29.4 Å². The minimum Gasteiger partial charge on any atom is -0.456 e. The second-order valence-electron chi connectivity index (χ2n) is 7.45. The number of anilines is 1. The van der Waals surface area contributed by atoms with Gasteiger partial charge >= 0.3 is 7.25 Å². The number of hydrogen-bond donors (Lipinski definition) is 2. The fraction of sp³-hybridized carbons (Fsp3) is 0.120. The number of halogens is 4. The molecule has 0 aliphatic carbocycles. The Kier molecular flexibility index (Phi) is 7.89. The number of amides is 1. The van der Waals surface area contributed by atoms with E-state index in [9.17, 15) is 22.1 Å². The van der Waals surface area contributed by atoms with Gasteiger partial charge in [0.25, 0.3) is 0 Å². The smallest absolute Gasteiger partial charge is 0.456 e. The molecule has 0 fully saturated rings. The van der Waals surface area contributed by atoms with Crippen LogP contribution in [0.4, 0.5) is 28.6 Å². The normalized spacial score (nSPS) is 11.6. The molecule has 0 aliphatic rings. The van der Waals surface area contributed by atoms with E-state index in [1.165, 1.54) is 12.5 Å². The van der Waals surface area contributed by atoms with Crippen LogP contribution in [-0.4, -0.2) is 13.2 Å². The number of aryl methyl sites for hydroxylation is 1. The zero-order chi connectivity index (χ0) is 24.7. The summed E-state index contributed by atoms with van der Waals surface area (Å²) in [5.41, 5.74) is 4.82. The number of rotatable bonds is 4. The van der Waals surface area contributed by atoms with Gasteiger partial charge in [-0.15, -0.1) is 0 Å². The molecule has 2 N–H and O–H groups in total. The van der Waals surface area contributed by atoms with Gasteiger partial charge in [0.05, 0.1) is 11.5 Å². The summed E-state index contributed by atoms with van der Waals surface area (Å²) in [6.07, 6.45) is 0.960. The van der Waals surface area contributed by atoms with Crippen LogP contribution >= 0.6 is 0 Å². The van der Waals surface area contributed by atoms with Crippen molar-refractivity contribution in [2.45, 2.75) is 20.3 Å². The molecule has 0 spiro atoms. The maximum atomic E-state index is 11.2. The Balaban J connectivity index is 0.000000588. The molecule has 9 heteroatoms. The number of benzene rings is 3. The highest BCUT2D eigenvalue weighted by molar-refractivity contribution is 6.50. The Morgan fingerprint density at radius 2 is 1.59 bits per heavy atom. The third kappa shape index (κ3) is 7.33. The summed E-state index contributed by atoms with van der Waals surface area (Å²) in [7, 11) is -6.00. The molecule has 4 rings (SSSR count). The molecule has 0 saturated heterocycles.